The number of Topliss-reactive ketones (excluding diaryl/α,β-unsaturated/α-hetero) is 1. The molecule has 0 spiro atoms. The van der Waals surface area contributed by atoms with E-state index in [9.17, 15) is 13.2 Å². The lowest BCUT2D eigenvalue weighted by Gasteiger charge is -2.34. The second kappa shape index (κ2) is 6.58. The van der Waals surface area contributed by atoms with E-state index in [1.165, 1.54) is 22.6 Å². The minimum Gasteiger partial charge on any atom is -0.354 e. The van der Waals surface area contributed by atoms with Crippen LogP contribution in [0.3, 0.4) is 0 Å². The molecule has 1 aliphatic rings. The Labute approximate surface area is 145 Å². The van der Waals surface area contributed by atoms with Gasteiger partial charge in [0.15, 0.2) is 10.8 Å². The number of nitrogens with zero attached hydrogens (tertiary/aromatic N) is 4. The van der Waals surface area contributed by atoms with Gasteiger partial charge in [0.05, 0.1) is 5.01 Å². The molecule has 1 aliphatic heterocycles. The third-order valence-electron chi connectivity index (χ3n) is 3.92. The number of thiazole rings is 1. The highest BCUT2D eigenvalue weighted by Gasteiger charge is 2.30. The molecular weight excluding hydrogens is 348 g/mol. The Morgan fingerprint density at radius 1 is 1.21 bits per heavy atom. The third-order valence-corrected chi connectivity index (χ3v) is 6.62. The number of carbonyl (C=O) groups is 1. The van der Waals surface area contributed by atoms with E-state index in [2.05, 4.69) is 9.97 Å². The van der Waals surface area contributed by atoms with Gasteiger partial charge >= 0.3 is 0 Å². The van der Waals surface area contributed by atoms with E-state index in [1.54, 1.807) is 30.6 Å². The van der Waals surface area contributed by atoms with E-state index in [0.717, 1.165) is 10.8 Å². The van der Waals surface area contributed by atoms with Gasteiger partial charge in [-0.3, -0.25) is 4.79 Å². The lowest BCUT2D eigenvalue weighted by atomic mass is 10.2. The van der Waals surface area contributed by atoms with E-state index in [0.29, 0.717) is 31.7 Å². The highest BCUT2D eigenvalue weighted by molar-refractivity contribution is 7.89. The minimum atomic E-state index is -3.52. The van der Waals surface area contributed by atoms with Crippen LogP contribution in [0, 0.1) is 6.92 Å². The third kappa shape index (κ3) is 3.33. The molecule has 1 fully saturated rings. The standard InChI is InChI=1S/C15H18N4O3S2/c1-11(20)13-3-4-14(16-9-13)18-5-7-19(8-6-18)24(21,22)15-10-23-12(2)17-15/h3-4,9-10H,5-8H2,1-2H3. The van der Waals surface area contributed by atoms with Gasteiger partial charge in [-0.2, -0.15) is 4.31 Å². The lowest BCUT2D eigenvalue weighted by molar-refractivity contribution is 0.101. The summed E-state index contributed by atoms with van der Waals surface area (Å²) in [7, 11) is -3.52. The molecule has 0 saturated carbocycles. The number of sulfonamides is 1. The van der Waals surface area contributed by atoms with Gasteiger partial charge in [0, 0.05) is 43.3 Å². The predicted molar refractivity (Wildman–Crippen MR) is 92.1 cm³/mol. The first-order valence-electron chi connectivity index (χ1n) is 7.52. The predicted octanol–water partition coefficient (Wildman–Crippen LogP) is 1.56. The fraction of sp³-hybridized carbons (Fsp3) is 0.400. The van der Waals surface area contributed by atoms with Crippen molar-refractivity contribution >= 4 is 33.0 Å². The average Bonchev–Trinajstić information content (AvgIpc) is 3.02. The smallest absolute Gasteiger partial charge is 0.261 e. The molecular formula is C15H18N4O3S2. The fourth-order valence-corrected chi connectivity index (χ4v) is 4.86. The van der Waals surface area contributed by atoms with Gasteiger partial charge in [-0.1, -0.05) is 0 Å². The van der Waals surface area contributed by atoms with Gasteiger partial charge in [-0.15, -0.1) is 11.3 Å². The largest absolute Gasteiger partial charge is 0.354 e. The van der Waals surface area contributed by atoms with Crippen molar-refractivity contribution in [3.8, 4) is 0 Å². The number of carbonyl (C=O) groups excluding carboxylic acids is 1. The number of aromatic nitrogens is 2. The van der Waals surface area contributed by atoms with Crippen LogP contribution in [0.2, 0.25) is 0 Å². The first-order valence-corrected chi connectivity index (χ1v) is 9.84. The van der Waals surface area contributed by atoms with Gasteiger partial charge in [0.2, 0.25) is 0 Å². The Morgan fingerprint density at radius 2 is 1.92 bits per heavy atom. The number of pyridine rings is 1. The Balaban J connectivity index is 1.68. The van der Waals surface area contributed by atoms with Crippen LogP contribution >= 0.6 is 11.3 Å². The molecule has 128 valence electrons. The van der Waals surface area contributed by atoms with Crippen molar-refractivity contribution in [2.24, 2.45) is 0 Å². The van der Waals surface area contributed by atoms with Gasteiger partial charge in [0.25, 0.3) is 10.0 Å². The second-order valence-corrected chi connectivity index (χ2v) is 8.50. The summed E-state index contributed by atoms with van der Waals surface area (Å²) >= 11 is 1.33. The minimum absolute atomic E-state index is 0.0245. The molecule has 9 heteroatoms. The number of ketones is 1. The van der Waals surface area contributed by atoms with Crippen LogP contribution < -0.4 is 4.90 Å². The number of rotatable bonds is 4. The molecule has 0 radical (unpaired) electrons. The molecule has 0 aliphatic carbocycles. The Hall–Kier alpha value is -1.84. The summed E-state index contributed by atoms with van der Waals surface area (Å²) in [6.07, 6.45) is 1.55. The van der Waals surface area contributed by atoms with Crippen LogP contribution in [-0.2, 0) is 10.0 Å². The van der Waals surface area contributed by atoms with Crippen LogP contribution in [-0.4, -0.2) is 54.7 Å². The number of hydrogen-bond acceptors (Lipinski definition) is 7. The Morgan fingerprint density at radius 3 is 2.42 bits per heavy atom. The van der Waals surface area contributed by atoms with Crippen LogP contribution in [0.1, 0.15) is 22.3 Å². The van der Waals surface area contributed by atoms with E-state index in [-0.39, 0.29) is 10.8 Å². The van der Waals surface area contributed by atoms with Crippen molar-refractivity contribution in [1.82, 2.24) is 14.3 Å². The van der Waals surface area contributed by atoms with Crippen LogP contribution in [0.4, 0.5) is 5.82 Å². The van der Waals surface area contributed by atoms with Gasteiger partial charge < -0.3 is 4.90 Å². The summed E-state index contributed by atoms with van der Waals surface area (Å²) in [4.78, 5) is 21.7. The number of aryl methyl sites for hydroxylation is 1. The van der Waals surface area contributed by atoms with E-state index < -0.39 is 10.0 Å². The summed E-state index contributed by atoms with van der Waals surface area (Å²) in [6, 6.07) is 3.54. The maximum absolute atomic E-state index is 12.6. The fourth-order valence-electron chi connectivity index (χ4n) is 2.53. The number of piperazine rings is 1. The molecule has 0 atom stereocenters. The molecule has 3 heterocycles. The molecule has 2 aromatic rings. The molecule has 1 saturated heterocycles. The molecule has 3 rings (SSSR count). The van der Waals surface area contributed by atoms with E-state index >= 15 is 0 Å². The molecule has 0 unspecified atom stereocenters. The normalized spacial score (nSPS) is 16.3. The van der Waals surface area contributed by atoms with Crippen LogP contribution in [0.15, 0.2) is 28.7 Å². The molecule has 24 heavy (non-hydrogen) atoms. The van der Waals surface area contributed by atoms with Gasteiger partial charge in [-0.25, -0.2) is 18.4 Å². The first-order chi connectivity index (χ1) is 11.4. The summed E-state index contributed by atoms with van der Waals surface area (Å²) in [6.45, 7) is 5.16. The molecule has 0 amide bonds. The van der Waals surface area contributed by atoms with Crippen LogP contribution in [0.25, 0.3) is 0 Å². The summed E-state index contributed by atoms with van der Waals surface area (Å²) in [5.41, 5.74) is 0.568. The van der Waals surface area contributed by atoms with Crippen molar-refractivity contribution < 1.29 is 13.2 Å². The van der Waals surface area contributed by atoms with Crippen molar-refractivity contribution in [3.05, 3.63) is 34.3 Å². The first kappa shape index (κ1) is 17.0. The lowest BCUT2D eigenvalue weighted by Crippen LogP contribution is -2.49. The van der Waals surface area contributed by atoms with E-state index in [4.69, 9.17) is 0 Å². The van der Waals surface area contributed by atoms with Crippen molar-refractivity contribution in [3.63, 3.8) is 0 Å². The van der Waals surface area contributed by atoms with Gasteiger partial charge in [0.1, 0.15) is 5.82 Å². The Kier molecular flexibility index (Phi) is 4.66. The summed E-state index contributed by atoms with van der Waals surface area (Å²) < 4.78 is 26.6. The van der Waals surface area contributed by atoms with Gasteiger partial charge in [-0.05, 0) is 26.0 Å². The Bertz CT molecular complexity index is 838. The number of hydrogen-bond donors (Lipinski definition) is 0. The highest BCUT2D eigenvalue weighted by atomic mass is 32.2. The molecule has 7 nitrogen and oxygen atoms in total. The molecule has 0 N–H and O–H groups in total. The average molecular weight is 366 g/mol. The van der Waals surface area contributed by atoms with Crippen molar-refractivity contribution in [1.29, 1.82) is 0 Å². The zero-order valence-corrected chi connectivity index (χ0v) is 15.1. The zero-order chi connectivity index (χ0) is 17.3. The van der Waals surface area contributed by atoms with Crippen molar-refractivity contribution in [2.45, 2.75) is 18.9 Å². The maximum atomic E-state index is 12.6. The molecule has 0 bridgehead atoms. The second-order valence-electron chi connectivity index (χ2n) is 5.56. The molecule has 2 aromatic heterocycles. The molecule has 0 aromatic carbocycles. The van der Waals surface area contributed by atoms with E-state index in [1.807, 2.05) is 4.90 Å². The quantitative estimate of drug-likeness (QED) is 0.764. The monoisotopic (exact) mass is 366 g/mol. The zero-order valence-electron chi connectivity index (χ0n) is 13.5. The summed E-state index contributed by atoms with van der Waals surface area (Å²) in [5, 5.41) is 2.45. The maximum Gasteiger partial charge on any atom is 0.261 e. The summed E-state index contributed by atoms with van der Waals surface area (Å²) in [5.74, 6) is 0.727. The van der Waals surface area contributed by atoms with Crippen molar-refractivity contribution in [2.75, 3.05) is 31.1 Å². The highest BCUT2D eigenvalue weighted by Crippen LogP contribution is 2.21. The SMILES string of the molecule is CC(=O)c1ccc(N2CCN(S(=O)(=O)c3csc(C)n3)CC2)nc1. The number of anilines is 1. The van der Waals surface area contributed by atoms with Crippen LogP contribution in [0.5, 0.6) is 0 Å². The topological polar surface area (TPSA) is 83.5 Å².